The lowest BCUT2D eigenvalue weighted by molar-refractivity contribution is 0.607. The van der Waals surface area contributed by atoms with Gasteiger partial charge in [-0.1, -0.05) is 6.92 Å². The first-order valence-corrected chi connectivity index (χ1v) is 4.78. The van der Waals surface area contributed by atoms with Crippen LogP contribution in [0.15, 0.2) is 23.1 Å². The normalized spacial score (nSPS) is 10.9. The monoisotopic (exact) mass is 206 g/mol. The molecule has 15 heavy (non-hydrogen) atoms. The van der Waals surface area contributed by atoms with Crippen LogP contribution in [-0.4, -0.2) is 9.55 Å². The van der Waals surface area contributed by atoms with E-state index in [0.29, 0.717) is 23.0 Å². The Bertz CT molecular complexity index is 575. The minimum Gasteiger partial charge on any atom is -0.310 e. The van der Waals surface area contributed by atoms with Crippen LogP contribution in [0.1, 0.15) is 12.5 Å². The van der Waals surface area contributed by atoms with E-state index in [4.69, 9.17) is 0 Å². The van der Waals surface area contributed by atoms with Gasteiger partial charge in [0.15, 0.2) is 0 Å². The van der Waals surface area contributed by atoms with Crippen molar-refractivity contribution in [1.29, 1.82) is 0 Å². The Labute approximate surface area is 86.2 Å². The van der Waals surface area contributed by atoms with Crippen LogP contribution in [0.5, 0.6) is 0 Å². The summed E-state index contributed by atoms with van der Waals surface area (Å²) in [5.41, 5.74) is 1.63. The van der Waals surface area contributed by atoms with Gasteiger partial charge in [0, 0.05) is 18.7 Å². The van der Waals surface area contributed by atoms with Crippen LogP contribution in [0.4, 0.5) is 4.39 Å². The third-order valence-corrected chi connectivity index (χ3v) is 2.54. The van der Waals surface area contributed by atoms with Crippen LogP contribution in [0.2, 0.25) is 0 Å². The molecule has 3 nitrogen and oxygen atoms in total. The quantitative estimate of drug-likeness (QED) is 0.710. The molecule has 0 radical (unpaired) electrons. The van der Waals surface area contributed by atoms with Gasteiger partial charge in [-0.15, -0.1) is 0 Å². The molecule has 0 aliphatic heterocycles. The molecule has 4 heteroatoms. The SMILES string of the molecule is CCc1c(F)cnc2ccc(=O)n(C)c12. The largest absolute Gasteiger partial charge is 0.310 e. The molecule has 0 aliphatic rings. The Balaban J connectivity index is 3.01. The van der Waals surface area contributed by atoms with Gasteiger partial charge < -0.3 is 4.57 Å². The molecule has 0 unspecified atom stereocenters. The first-order chi connectivity index (χ1) is 7.15. The van der Waals surface area contributed by atoms with Crippen LogP contribution in [-0.2, 0) is 13.5 Å². The van der Waals surface area contributed by atoms with Crippen molar-refractivity contribution < 1.29 is 4.39 Å². The Morgan fingerprint density at radius 1 is 1.47 bits per heavy atom. The van der Waals surface area contributed by atoms with Crippen LogP contribution in [0, 0.1) is 5.82 Å². The van der Waals surface area contributed by atoms with Crippen LogP contribution < -0.4 is 5.56 Å². The van der Waals surface area contributed by atoms with Gasteiger partial charge in [0.1, 0.15) is 5.82 Å². The molecule has 0 aromatic carbocycles. The fourth-order valence-electron chi connectivity index (χ4n) is 1.74. The van der Waals surface area contributed by atoms with Gasteiger partial charge in [-0.2, -0.15) is 0 Å². The third-order valence-electron chi connectivity index (χ3n) is 2.54. The van der Waals surface area contributed by atoms with Gasteiger partial charge in [0.25, 0.3) is 5.56 Å². The van der Waals surface area contributed by atoms with Crippen molar-refractivity contribution >= 4 is 11.0 Å². The van der Waals surface area contributed by atoms with Crippen molar-refractivity contribution in [1.82, 2.24) is 9.55 Å². The molecule has 0 N–H and O–H groups in total. The van der Waals surface area contributed by atoms with Gasteiger partial charge in [-0.25, -0.2) is 4.39 Å². The van der Waals surface area contributed by atoms with E-state index in [1.807, 2.05) is 6.92 Å². The molecule has 0 saturated carbocycles. The van der Waals surface area contributed by atoms with Crippen molar-refractivity contribution in [2.45, 2.75) is 13.3 Å². The van der Waals surface area contributed by atoms with E-state index in [-0.39, 0.29) is 11.4 Å². The summed E-state index contributed by atoms with van der Waals surface area (Å²) in [7, 11) is 1.63. The molecule has 0 amide bonds. The number of rotatable bonds is 1. The maximum Gasteiger partial charge on any atom is 0.250 e. The Morgan fingerprint density at radius 2 is 2.20 bits per heavy atom. The molecule has 0 spiro atoms. The fourth-order valence-corrected chi connectivity index (χ4v) is 1.74. The van der Waals surface area contributed by atoms with Crippen LogP contribution in [0.25, 0.3) is 11.0 Å². The van der Waals surface area contributed by atoms with Crippen LogP contribution in [0.3, 0.4) is 0 Å². The molecule has 0 atom stereocenters. The molecule has 78 valence electrons. The molecule has 0 fully saturated rings. The summed E-state index contributed by atoms with van der Waals surface area (Å²) in [6.07, 6.45) is 1.74. The number of hydrogen-bond acceptors (Lipinski definition) is 2. The molecule has 2 aromatic rings. The lowest BCUT2D eigenvalue weighted by Gasteiger charge is -2.08. The summed E-state index contributed by atoms with van der Waals surface area (Å²) in [5, 5.41) is 0. The van der Waals surface area contributed by atoms with E-state index >= 15 is 0 Å². The zero-order valence-electron chi connectivity index (χ0n) is 8.62. The van der Waals surface area contributed by atoms with Crippen LogP contribution >= 0.6 is 0 Å². The maximum atomic E-state index is 13.5. The Hall–Kier alpha value is -1.71. The molecule has 2 rings (SSSR count). The van der Waals surface area contributed by atoms with E-state index < -0.39 is 0 Å². The number of aromatic nitrogens is 2. The average molecular weight is 206 g/mol. The van der Waals surface area contributed by atoms with E-state index in [1.165, 1.54) is 16.8 Å². The number of fused-ring (bicyclic) bond motifs is 1. The highest BCUT2D eigenvalue weighted by molar-refractivity contribution is 5.78. The first kappa shape index (κ1) is 9.83. The van der Waals surface area contributed by atoms with Gasteiger partial charge in [0.2, 0.25) is 0 Å². The lowest BCUT2D eigenvalue weighted by Crippen LogP contribution is -2.17. The summed E-state index contributed by atoms with van der Waals surface area (Å²) in [5.74, 6) is -0.355. The molecule has 0 saturated heterocycles. The molecular weight excluding hydrogens is 195 g/mol. The number of nitrogens with zero attached hydrogens (tertiary/aromatic N) is 2. The second-order valence-electron chi connectivity index (χ2n) is 3.40. The summed E-state index contributed by atoms with van der Waals surface area (Å²) >= 11 is 0. The van der Waals surface area contributed by atoms with Gasteiger partial charge in [-0.05, 0) is 12.5 Å². The topological polar surface area (TPSA) is 34.9 Å². The van der Waals surface area contributed by atoms with E-state index in [1.54, 1.807) is 13.1 Å². The second kappa shape index (κ2) is 3.46. The highest BCUT2D eigenvalue weighted by Gasteiger charge is 2.09. The highest BCUT2D eigenvalue weighted by Crippen LogP contribution is 2.17. The molecule has 2 aromatic heterocycles. The third kappa shape index (κ3) is 1.42. The molecular formula is C11H11FN2O. The standard InChI is InChI=1S/C11H11FN2O/c1-3-7-8(12)6-13-9-4-5-10(15)14(2)11(7)9/h4-6H,3H2,1-2H3. The molecule has 0 aliphatic carbocycles. The number of aryl methyl sites for hydroxylation is 2. The van der Waals surface area contributed by atoms with Gasteiger partial charge in [0.05, 0.1) is 17.2 Å². The van der Waals surface area contributed by atoms with Crippen molar-refractivity contribution in [2.24, 2.45) is 7.05 Å². The van der Waals surface area contributed by atoms with Gasteiger partial charge in [-0.3, -0.25) is 9.78 Å². The summed E-state index contributed by atoms with van der Waals surface area (Å²) in [6.45, 7) is 1.86. The molecule has 2 heterocycles. The number of hydrogen-bond donors (Lipinski definition) is 0. The summed E-state index contributed by atoms with van der Waals surface area (Å²) in [6, 6.07) is 3.06. The minimum absolute atomic E-state index is 0.149. The van der Waals surface area contributed by atoms with Crippen molar-refractivity contribution in [3.63, 3.8) is 0 Å². The van der Waals surface area contributed by atoms with Crippen molar-refractivity contribution in [3.05, 3.63) is 40.1 Å². The van der Waals surface area contributed by atoms with Crippen molar-refractivity contribution in [3.8, 4) is 0 Å². The number of pyridine rings is 2. The average Bonchev–Trinajstić information content (AvgIpc) is 2.24. The second-order valence-corrected chi connectivity index (χ2v) is 3.40. The maximum absolute atomic E-state index is 13.5. The number of halogens is 1. The predicted molar refractivity (Wildman–Crippen MR) is 56.3 cm³/mol. The zero-order valence-corrected chi connectivity index (χ0v) is 8.62. The van der Waals surface area contributed by atoms with Crippen molar-refractivity contribution in [2.75, 3.05) is 0 Å². The van der Waals surface area contributed by atoms with E-state index in [0.717, 1.165) is 0 Å². The highest BCUT2D eigenvalue weighted by atomic mass is 19.1. The first-order valence-electron chi connectivity index (χ1n) is 4.78. The predicted octanol–water partition coefficient (Wildman–Crippen LogP) is 1.64. The smallest absolute Gasteiger partial charge is 0.250 e. The van der Waals surface area contributed by atoms with Gasteiger partial charge >= 0.3 is 0 Å². The summed E-state index contributed by atoms with van der Waals surface area (Å²) < 4.78 is 14.9. The van der Waals surface area contributed by atoms with E-state index in [2.05, 4.69) is 4.98 Å². The lowest BCUT2D eigenvalue weighted by atomic mass is 10.1. The summed E-state index contributed by atoms with van der Waals surface area (Å²) in [4.78, 5) is 15.4. The minimum atomic E-state index is -0.355. The fraction of sp³-hybridized carbons (Fsp3) is 0.273. The van der Waals surface area contributed by atoms with E-state index in [9.17, 15) is 9.18 Å². The molecule has 0 bridgehead atoms. The zero-order chi connectivity index (χ0) is 11.0. The Kier molecular flexibility index (Phi) is 2.26. The Morgan fingerprint density at radius 3 is 2.87 bits per heavy atom.